The Morgan fingerprint density at radius 2 is 2.08 bits per heavy atom. The van der Waals surface area contributed by atoms with E-state index in [9.17, 15) is 18.0 Å². The first kappa shape index (κ1) is 19.6. The first-order valence-electron chi connectivity index (χ1n) is 7.59. The van der Waals surface area contributed by atoms with Gasteiger partial charge in [0.05, 0.1) is 24.2 Å². The molecule has 1 fully saturated rings. The third-order valence-corrected chi connectivity index (χ3v) is 6.54. The molecule has 2 rings (SSSR count). The Hall–Kier alpha value is -1.74. The molecule has 1 aromatic rings. The van der Waals surface area contributed by atoms with E-state index in [1.165, 1.54) is 18.9 Å². The number of benzene rings is 1. The van der Waals surface area contributed by atoms with Crippen molar-refractivity contribution in [1.82, 2.24) is 5.32 Å². The summed E-state index contributed by atoms with van der Waals surface area (Å²) in [5, 5.41) is 2.63. The number of amides is 1. The Morgan fingerprint density at radius 1 is 1.36 bits per heavy atom. The van der Waals surface area contributed by atoms with Crippen LogP contribution >= 0.6 is 11.8 Å². The maximum atomic E-state index is 12.2. The molecule has 1 aliphatic rings. The molecule has 1 atom stereocenters. The highest BCUT2D eigenvalue weighted by atomic mass is 32.2. The topological polar surface area (TPSA) is 98.8 Å². The molecule has 25 heavy (non-hydrogen) atoms. The van der Waals surface area contributed by atoms with Crippen LogP contribution in [0.5, 0.6) is 5.75 Å². The monoisotopic (exact) mass is 387 g/mol. The fourth-order valence-corrected chi connectivity index (χ4v) is 5.18. The standard InChI is InChI=1S/C16H21NO6S2/c1-16(6-7-25(20,21)10-16)17-14(18)9-23-15(19)12-5-4-11(24-3)8-13(12)22-2/h4-5,8H,6-7,9-10H2,1-3H3,(H,17,18). The van der Waals surface area contributed by atoms with Crippen molar-refractivity contribution in [3.05, 3.63) is 23.8 Å². The zero-order valence-electron chi connectivity index (χ0n) is 14.3. The molecule has 1 saturated heterocycles. The largest absolute Gasteiger partial charge is 0.496 e. The molecule has 1 heterocycles. The maximum Gasteiger partial charge on any atom is 0.342 e. The van der Waals surface area contributed by atoms with Crippen LogP contribution in [0.25, 0.3) is 0 Å². The molecule has 9 heteroatoms. The molecule has 0 bridgehead atoms. The van der Waals surface area contributed by atoms with Crippen molar-refractivity contribution < 1.29 is 27.5 Å². The van der Waals surface area contributed by atoms with E-state index in [2.05, 4.69) is 5.32 Å². The smallest absolute Gasteiger partial charge is 0.342 e. The van der Waals surface area contributed by atoms with Gasteiger partial charge in [0.25, 0.3) is 5.91 Å². The lowest BCUT2D eigenvalue weighted by Gasteiger charge is -2.23. The second-order valence-electron chi connectivity index (χ2n) is 6.09. The normalized spacial score (nSPS) is 21.6. The third kappa shape index (κ3) is 5.12. The van der Waals surface area contributed by atoms with Crippen molar-refractivity contribution in [2.45, 2.75) is 23.8 Å². The van der Waals surface area contributed by atoms with Crippen LogP contribution < -0.4 is 10.1 Å². The van der Waals surface area contributed by atoms with Crippen molar-refractivity contribution in [2.24, 2.45) is 0 Å². The lowest BCUT2D eigenvalue weighted by Crippen LogP contribution is -2.48. The van der Waals surface area contributed by atoms with Crippen molar-refractivity contribution in [3.8, 4) is 5.75 Å². The second-order valence-corrected chi connectivity index (χ2v) is 9.16. The van der Waals surface area contributed by atoms with Gasteiger partial charge in [-0.2, -0.15) is 0 Å². The summed E-state index contributed by atoms with van der Waals surface area (Å²) >= 11 is 1.51. The van der Waals surface area contributed by atoms with E-state index in [0.29, 0.717) is 12.2 Å². The molecule has 0 spiro atoms. The van der Waals surface area contributed by atoms with Crippen molar-refractivity contribution in [1.29, 1.82) is 0 Å². The summed E-state index contributed by atoms with van der Waals surface area (Å²) in [4.78, 5) is 25.1. The van der Waals surface area contributed by atoms with E-state index in [1.54, 1.807) is 25.1 Å². The zero-order valence-corrected chi connectivity index (χ0v) is 16.0. The van der Waals surface area contributed by atoms with E-state index in [1.807, 2.05) is 6.26 Å². The van der Waals surface area contributed by atoms with Crippen LogP contribution in [-0.4, -0.2) is 57.3 Å². The molecule has 0 saturated carbocycles. The van der Waals surface area contributed by atoms with Gasteiger partial charge in [0, 0.05) is 4.90 Å². The predicted octanol–water partition coefficient (Wildman–Crippen LogP) is 1.27. The van der Waals surface area contributed by atoms with Gasteiger partial charge in [0.15, 0.2) is 16.4 Å². The third-order valence-electron chi connectivity index (χ3n) is 3.91. The molecule has 0 aromatic heterocycles. The molecule has 0 radical (unpaired) electrons. The summed E-state index contributed by atoms with van der Waals surface area (Å²) in [6, 6.07) is 5.05. The summed E-state index contributed by atoms with van der Waals surface area (Å²) in [6.45, 7) is 1.18. The van der Waals surface area contributed by atoms with Crippen LogP contribution in [0, 0.1) is 0 Å². The molecule has 1 aromatic carbocycles. The predicted molar refractivity (Wildman–Crippen MR) is 94.9 cm³/mol. The van der Waals surface area contributed by atoms with Crippen LogP contribution in [0.4, 0.5) is 0 Å². The minimum Gasteiger partial charge on any atom is -0.496 e. The fraction of sp³-hybridized carbons (Fsp3) is 0.500. The van der Waals surface area contributed by atoms with Gasteiger partial charge >= 0.3 is 5.97 Å². The average molecular weight is 387 g/mol. The number of hydrogen-bond donors (Lipinski definition) is 1. The van der Waals surface area contributed by atoms with E-state index in [4.69, 9.17) is 9.47 Å². The fourth-order valence-electron chi connectivity index (χ4n) is 2.66. The maximum absolute atomic E-state index is 12.2. The summed E-state index contributed by atoms with van der Waals surface area (Å²) in [6.07, 6.45) is 2.25. The van der Waals surface area contributed by atoms with Gasteiger partial charge in [0.1, 0.15) is 11.3 Å². The number of ether oxygens (including phenoxy) is 2. The van der Waals surface area contributed by atoms with E-state index >= 15 is 0 Å². The zero-order chi connectivity index (χ0) is 18.7. The SMILES string of the molecule is COc1cc(SC)ccc1C(=O)OCC(=O)NC1(C)CCS(=O)(=O)C1. The van der Waals surface area contributed by atoms with Gasteiger partial charge in [-0.1, -0.05) is 0 Å². The quantitative estimate of drug-likeness (QED) is 0.580. The summed E-state index contributed by atoms with van der Waals surface area (Å²) < 4.78 is 33.3. The highest BCUT2D eigenvalue weighted by Gasteiger charge is 2.39. The molecule has 7 nitrogen and oxygen atoms in total. The van der Waals surface area contributed by atoms with Crippen LogP contribution in [0.15, 0.2) is 23.1 Å². The minimum atomic E-state index is -3.13. The van der Waals surface area contributed by atoms with Crippen molar-refractivity contribution in [2.75, 3.05) is 31.5 Å². The number of thioether (sulfide) groups is 1. The molecular weight excluding hydrogens is 366 g/mol. The Balaban J connectivity index is 1.95. The number of rotatable bonds is 6. The number of carbonyl (C=O) groups excluding carboxylic acids is 2. The van der Waals surface area contributed by atoms with Crippen LogP contribution in [0.1, 0.15) is 23.7 Å². The Morgan fingerprint density at radius 3 is 2.64 bits per heavy atom. The number of sulfone groups is 1. The van der Waals surface area contributed by atoms with Gasteiger partial charge in [-0.3, -0.25) is 4.79 Å². The summed E-state index contributed by atoms with van der Waals surface area (Å²) in [5.74, 6) is -0.908. The van der Waals surface area contributed by atoms with Crippen molar-refractivity contribution in [3.63, 3.8) is 0 Å². The van der Waals surface area contributed by atoms with Gasteiger partial charge in [-0.05, 0) is 37.8 Å². The number of esters is 1. The van der Waals surface area contributed by atoms with Gasteiger partial charge in [-0.15, -0.1) is 11.8 Å². The molecule has 0 aliphatic carbocycles. The lowest BCUT2D eigenvalue weighted by atomic mass is 10.0. The van der Waals surface area contributed by atoms with E-state index < -0.39 is 33.9 Å². The molecule has 1 amide bonds. The van der Waals surface area contributed by atoms with Crippen LogP contribution in [-0.2, 0) is 19.4 Å². The molecular formula is C16H21NO6S2. The summed E-state index contributed by atoms with van der Waals surface area (Å²) in [7, 11) is -1.68. The lowest BCUT2D eigenvalue weighted by molar-refractivity contribution is -0.125. The van der Waals surface area contributed by atoms with Crippen molar-refractivity contribution >= 4 is 33.5 Å². The first-order chi connectivity index (χ1) is 11.7. The highest BCUT2D eigenvalue weighted by Crippen LogP contribution is 2.26. The molecule has 138 valence electrons. The van der Waals surface area contributed by atoms with Crippen LogP contribution in [0.2, 0.25) is 0 Å². The Bertz CT molecular complexity index is 777. The van der Waals surface area contributed by atoms with E-state index in [-0.39, 0.29) is 17.1 Å². The molecule has 1 N–H and O–H groups in total. The second kappa shape index (κ2) is 7.65. The number of hydrogen-bond acceptors (Lipinski definition) is 7. The van der Waals surface area contributed by atoms with Gasteiger partial charge < -0.3 is 14.8 Å². The number of carbonyl (C=O) groups is 2. The highest BCUT2D eigenvalue weighted by molar-refractivity contribution is 7.98. The minimum absolute atomic E-state index is 0.0442. The van der Waals surface area contributed by atoms with E-state index in [0.717, 1.165) is 4.90 Å². The van der Waals surface area contributed by atoms with Gasteiger partial charge in [-0.25, -0.2) is 13.2 Å². The molecule has 1 aliphatic heterocycles. The summed E-state index contributed by atoms with van der Waals surface area (Å²) in [5.41, 5.74) is -0.595. The Labute approximate surface area is 151 Å². The number of methoxy groups -OCH3 is 1. The van der Waals surface area contributed by atoms with Crippen LogP contribution in [0.3, 0.4) is 0 Å². The average Bonchev–Trinajstić information content (AvgIpc) is 2.84. The number of nitrogens with one attached hydrogen (secondary N) is 1. The molecule has 1 unspecified atom stereocenters. The first-order valence-corrected chi connectivity index (χ1v) is 10.6. The Kier molecular flexibility index (Phi) is 5.99. The van der Waals surface area contributed by atoms with Gasteiger partial charge in [0.2, 0.25) is 0 Å².